The van der Waals surface area contributed by atoms with Crippen LogP contribution in [-0.2, 0) is 0 Å². The Morgan fingerprint density at radius 3 is 2.61 bits per heavy atom. The zero-order valence-corrected chi connectivity index (χ0v) is 11.3. The van der Waals surface area contributed by atoms with Crippen molar-refractivity contribution in [2.24, 2.45) is 0 Å². The third-order valence-electron chi connectivity index (χ3n) is 2.24. The first-order valence-electron chi connectivity index (χ1n) is 4.79. The fraction of sp³-hybridized carbons (Fsp3) is 0.182. The molecule has 96 valence electrons. The van der Waals surface area contributed by atoms with Gasteiger partial charge in [-0.2, -0.15) is 0 Å². The van der Waals surface area contributed by atoms with E-state index in [0.717, 1.165) is 0 Å². The van der Waals surface area contributed by atoms with Gasteiger partial charge in [-0.1, -0.05) is 11.6 Å². The average Bonchev–Trinajstić information content (AvgIpc) is 2.23. The van der Waals surface area contributed by atoms with E-state index < -0.39 is 6.36 Å². The Labute approximate surface area is 114 Å². The van der Waals surface area contributed by atoms with E-state index in [9.17, 15) is 13.2 Å². The maximum absolute atomic E-state index is 12.1. The molecule has 0 amide bonds. The summed E-state index contributed by atoms with van der Waals surface area (Å²) in [4.78, 5) is 4.15. The number of hydrogen-bond donors (Lipinski definition) is 0. The molecule has 0 fully saturated rings. The van der Waals surface area contributed by atoms with Gasteiger partial charge >= 0.3 is 6.36 Å². The average molecular weight is 341 g/mol. The van der Waals surface area contributed by atoms with Crippen molar-refractivity contribution < 1.29 is 17.9 Å². The first-order valence-corrected chi connectivity index (χ1v) is 5.96. The SMILES string of the molecule is Cc1nc2cc(OC(F)(F)F)ccc2c(Cl)c1Br. The largest absolute Gasteiger partial charge is 0.573 e. The lowest BCUT2D eigenvalue weighted by Gasteiger charge is -2.10. The lowest BCUT2D eigenvalue weighted by Crippen LogP contribution is -2.17. The number of hydrogen-bond acceptors (Lipinski definition) is 2. The second-order valence-electron chi connectivity index (χ2n) is 3.55. The van der Waals surface area contributed by atoms with Crippen molar-refractivity contribution in [3.63, 3.8) is 0 Å². The van der Waals surface area contributed by atoms with Crippen molar-refractivity contribution in [3.05, 3.63) is 33.4 Å². The lowest BCUT2D eigenvalue weighted by atomic mass is 10.2. The fourth-order valence-corrected chi connectivity index (χ4v) is 2.09. The van der Waals surface area contributed by atoms with Crippen LogP contribution < -0.4 is 4.74 Å². The normalized spacial score (nSPS) is 11.9. The summed E-state index contributed by atoms with van der Waals surface area (Å²) in [7, 11) is 0. The predicted octanol–water partition coefficient (Wildman–Crippen LogP) is 4.86. The molecular formula is C11H6BrClF3NO. The summed E-state index contributed by atoms with van der Waals surface area (Å²) >= 11 is 9.33. The van der Waals surface area contributed by atoms with E-state index >= 15 is 0 Å². The van der Waals surface area contributed by atoms with Gasteiger partial charge in [-0.25, -0.2) is 0 Å². The van der Waals surface area contributed by atoms with Crippen LogP contribution in [0, 0.1) is 6.92 Å². The maximum Gasteiger partial charge on any atom is 0.573 e. The van der Waals surface area contributed by atoms with Gasteiger partial charge in [0.15, 0.2) is 0 Å². The van der Waals surface area contributed by atoms with Crippen LogP contribution in [0.1, 0.15) is 5.69 Å². The van der Waals surface area contributed by atoms with Crippen molar-refractivity contribution in [1.29, 1.82) is 0 Å². The van der Waals surface area contributed by atoms with E-state index in [1.165, 1.54) is 18.2 Å². The molecular weight excluding hydrogens is 334 g/mol. The molecule has 0 radical (unpaired) electrons. The summed E-state index contributed by atoms with van der Waals surface area (Å²) < 4.78 is 40.7. The zero-order chi connectivity index (χ0) is 13.5. The smallest absolute Gasteiger partial charge is 0.406 e. The minimum absolute atomic E-state index is 0.319. The number of benzene rings is 1. The van der Waals surface area contributed by atoms with Gasteiger partial charge in [0.1, 0.15) is 5.75 Å². The number of ether oxygens (including phenoxy) is 1. The molecule has 7 heteroatoms. The monoisotopic (exact) mass is 339 g/mol. The van der Waals surface area contributed by atoms with E-state index in [1.54, 1.807) is 6.92 Å². The second-order valence-corrected chi connectivity index (χ2v) is 4.72. The van der Waals surface area contributed by atoms with Crippen molar-refractivity contribution in [2.45, 2.75) is 13.3 Å². The van der Waals surface area contributed by atoms with Gasteiger partial charge in [0.25, 0.3) is 0 Å². The summed E-state index contributed by atoms with van der Waals surface area (Å²) in [5, 5.41) is 0.972. The molecule has 0 saturated carbocycles. The maximum atomic E-state index is 12.1. The van der Waals surface area contributed by atoms with Gasteiger partial charge < -0.3 is 4.74 Å². The Hall–Kier alpha value is -1.01. The molecule has 0 spiro atoms. The van der Waals surface area contributed by atoms with E-state index in [4.69, 9.17) is 11.6 Å². The van der Waals surface area contributed by atoms with E-state index in [2.05, 4.69) is 25.7 Å². The minimum Gasteiger partial charge on any atom is -0.406 e. The van der Waals surface area contributed by atoms with Crippen LogP contribution in [0.15, 0.2) is 22.7 Å². The Morgan fingerprint density at radius 2 is 2.00 bits per heavy atom. The number of aromatic nitrogens is 1. The molecule has 0 N–H and O–H groups in total. The predicted molar refractivity (Wildman–Crippen MR) is 65.9 cm³/mol. The van der Waals surface area contributed by atoms with Gasteiger partial charge in [-0.05, 0) is 35.0 Å². The second kappa shape index (κ2) is 4.59. The van der Waals surface area contributed by atoms with Gasteiger partial charge in [0.2, 0.25) is 0 Å². The quantitative estimate of drug-likeness (QED) is 0.740. The Morgan fingerprint density at radius 1 is 1.33 bits per heavy atom. The fourth-order valence-electron chi connectivity index (χ4n) is 1.49. The molecule has 2 rings (SSSR count). The Kier molecular flexibility index (Phi) is 3.42. The summed E-state index contributed by atoms with van der Waals surface area (Å²) in [6, 6.07) is 3.84. The zero-order valence-electron chi connectivity index (χ0n) is 8.98. The number of aryl methyl sites for hydroxylation is 1. The van der Waals surface area contributed by atoms with Crippen LogP contribution in [0.2, 0.25) is 5.02 Å². The summed E-state index contributed by atoms with van der Waals surface area (Å²) in [6.45, 7) is 1.70. The van der Waals surface area contributed by atoms with E-state index in [-0.39, 0.29) is 5.75 Å². The van der Waals surface area contributed by atoms with Crippen molar-refractivity contribution in [1.82, 2.24) is 4.98 Å². The number of rotatable bonds is 1. The van der Waals surface area contributed by atoms with Crippen LogP contribution in [0.5, 0.6) is 5.75 Å². The van der Waals surface area contributed by atoms with Crippen LogP contribution >= 0.6 is 27.5 Å². The van der Waals surface area contributed by atoms with Crippen molar-refractivity contribution in [2.75, 3.05) is 0 Å². The lowest BCUT2D eigenvalue weighted by molar-refractivity contribution is -0.274. The molecule has 18 heavy (non-hydrogen) atoms. The topological polar surface area (TPSA) is 22.1 Å². The van der Waals surface area contributed by atoms with Crippen LogP contribution in [0.3, 0.4) is 0 Å². The Balaban J connectivity index is 2.56. The molecule has 0 saturated heterocycles. The molecule has 1 aromatic carbocycles. The molecule has 2 aromatic rings. The van der Waals surface area contributed by atoms with Crippen molar-refractivity contribution >= 4 is 38.4 Å². The number of halogens is 5. The van der Waals surface area contributed by atoms with Crippen molar-refractivity contribution in [3.8, 4) is 5.75 Å². The highest BCUT2D eigenvalue weighted by Crippen LogP contribution is 2.34. The number of alkyl halides is 3. The first kappa shape index (κ1) is 13.4. The van der Waals surface area contributed by atoms with E-state index in [0.29, 0.717) is 26.1 Å². The van der Waals surface area contributed by atoms with Crippen LogP contribution in [-0.4, -0.2) is 11.3 Å². The third-order valence-corrected chi connectivity index (χ3v) is 3.83. The van der Waals surface area contributed by atoms with E-state index in [1.807, 2.05) is 0 Å². The highest BCUT2D eigenvalue weighted by molar-refractivity contribution is 9.10. The third kappa shape index (κ3) is 2.70. The molecule has 0 bridgehead atoms. The molecule has 2 nitrogen and oxygen atoms in total. The molecule has 1 heterocycles. The highest BCUT2D eigenvalue weighted by atomic mass is 79.9. The molecule has 0 aliphatic heterocycles. The van der Waals surface area contributed by atoms with Gasteiger partial charge in [0.05, 0.1) is 20.7 Å². The first-order chi connectivity index (χ1) is 8.28. The Bertz CT molecular complexity index is 615. The summed E-state index contributed by atoms with van der Waals surface area (Å²) in [5.74, 6) is -0.319. The highest BCUT2D eigenvalue weighted by Gasteiger charge is 2.31. The molecule has 0 atom stereocenters. The van der Waals surface area contributed by atoms with Crippen LogP contribution in [0.25, 0.3) is 10.9 Å². The number of nitrogens with zero attached hydrogens (tertiary/aromatic N) is 1. The molecule has 0 aliphatic carbocycles. The summed E-state index contributed by atoms with van der Waals surface area (Å²) in [6.07, 6.45) is -4.72. The molecule has 0 aliphatic rings. The standard InChI is InChI=1S/C11H6BrClF3NO/c1-5-9(12)10(13)7-3-2-6(4-8(7)17-5)18-11(14,15)16/h2-4H,1H3. The van der Waals surface area contributed by atoms with Crippen LogP contribution in [0.4, 0.5) is 13.2 Å². The number of pyridine rings is 1. The molecule has 1 aromatic heterocycles. The van der Waals surface area contributed by atoms with Gasteiger partial charge in [-0.15, -0.1) is 13.2 Å². The van der Waals surface area contributed by atoms with Gasteiger partial charge in [0, 0.05) is 11.5 Å². The minimum atomic E-state index is -4.72. The summed E-state index contributed by atoms with van der Waals surface area (Å²) in [5.41, 5.74) is 0.944. The number of fused-ring (bicyclic) bond motifs is 1. The van der Waals surface area contributed by atoms with Gasteiger partial charge in [-0.3, -0.25) is 4.98 Å². The molecule has 0 unspecified atom stereocenters.